The van der Waals surface area contributed by atoms with Crippen LogP contribution in [0.1, 0.15) is 19.3 Å². The van der Waals surface area contributed by atoms with Crippen LogP contribution in [0.5, 0.6) is 0 Å². The average molecular weight is 189 g/mol. The van der Waals surface area contributed by atoms with E-state index in [1.54, 1.807) is 0 Å². The van der Waals surface area contributed by atoms with Crippen molar-refractivity contribution in [1.82, 2.24) is 5.32 Å². The topological polar surface area (TPSA) is 12.0 Å². The fourth-order valence-corrected chi connectivity index (χ4v) is 0.802. The molecule has 0 aliphatic carbocycles. The predicted molar refractivity (Wildman–Crippen MR) is 32.5 cm³/mol. The van der Waals surface area contributed by atoms with Gasteiger partial charge in [0.25, 0.3) is 0 Å². The van der Waals surface area contributed by atoms with Gasteiger partial charge in [0.1, 0.15) is 0 Å². The van der Waals surface area contributed by atoms with E-state index in [0.29, 0.717) is 0 Å². The van der Waals surface area contributed by atoms with Crippen molar-refractivity contribution in [3.63, 3.8) is 0 Å². The summed E-state index contributed by atoms with van der Waals surface area (Å²) in [5, 5.41) is 3.28. The molecule has 0 atom stereocenters. The van der Waals surface area contributed by atoms with E-state index < -0.39 is 0 Å². The smallest absolute Gasteiger partial charge is 1.00 e. The van der Waals surface area contributed by atoms with E-state index in [0.717, 1.165) is 0 Å². The van der Waals surface area contributed by atoms with Gasteiger partial charge >= 0.3 is 23.1 Å². The standard InChI is InChI=1S/C5H11N.BrH.Mg/c1-2-4-6-5-3-1;;/h6H,1-5H2;1H;/q;;+2/p-1. The van der Waals surface area contributed by atoms with Crippen LogP contribution in [0.15, 0.2) is 0 Å². The number of rotatable bonds is 0. The summed E-state index contributed by atoms with van der Waals surface area (Å²) >= 11 is 0. The molecule has 1 aliphatic rings. The summed E-state index contributed by atoms with van der Waals surface area (Å²) in [7, 11) is 0. The monoisotopic (exact) mass is 188 g/mol. The second-order valence-electron chi connectivity index (χ2n) is 1.81. The van der Waals surface area contributed by atoms with Gasteiger partial charge in [0.2, 0.25) is 0 Å². The van der Waals surface area contributed by atoms with Crippen molar-refractivity contribution in [3.05, 3.63) is 0 Å². The van der Waals surface area contributed by atoms with Gasteiger partial charge in [-0.1, -0.05) is 6.42 Å². The maximum Gasteiger partial charge on any atom is 2.00 e. The van der Waals surface area contributed by atoms with Gasteiger partial charge in [-0.3, -0.25) is 0 Å². The molecule has 0 aromatic carbocycles. The molecule has 0 amide bonds. The predicted octanol–water partition coefficient (Wildman–Crippen LogP) is -2.62. The molecule has 0 spiro atoms. The van der Waals surface area contributed by atoms with Crippen LogP contribution in [-0.4, -0.2) is 36.1 Å². The summed E-state index contributed by atoms with van der Waals surface area (Å²) < 4.78 is 0. The summed E-state index contributed by atoms with van der Waals surface area (Å²) in [5.74, 6) is 0. The quantitative estimate of drug-likeness (QED) is 0.412. The third-order valence-corrected chi connectivity index (χ3v) is 1.21. The average Bonchev–Trinajstić information content (AvgIpc) is 1.72. The number of halogens is 1. The summed E-state index contributed by atoms with van der Waals surface area (Å²) in [6.07, 6.45) is 4.22. The first-order valence-electron chi connectivity index (χ1n) is 2.71. The third kappa shape index (κ3) is 5.35. The molecule has 0 saturated carbocycles. The van der Waals surface area contributed by atoms with Crippen molar-refractivity contribution in [2.75, 3.05) is 13.1 Å². The molecule has 1 aliphatic heterocycles. The summed E-state index contributed by atoms with van der Waals surface area (Å²) in [6.45, 7) is 2.50. The molecule has 1 nitrogen and oxygen atoms in total. The molecule has 0 bridgehead atoms. The van der Waals surface area contributed by atoms with Crippen LogP contribution >= 0.6 is 0 Å². The van der Waals surface area contributed by atoms with Crippen LogP contribution < -0.4 is 22.3 Å². The van der Waals surface area contributed by atoms with E-state index in [2.05, 4.69) is 5.32 Å². The summed E-state index contributed by atoms with van der Waals surface area (Å²) in [4.78, 5) is 0. The van der Waals surface area contributed by atoms with E-state index in [1.165, 1.54) is 32.4 Å². The molecule has 0 radical (unpaired) electrons. The molecule has 0 unspecified atom stereocenters. The second-order valence-corrected chi connectivity index (χ2v) is 1.81. The third-order valence-electron chi connectivity index (χ3n) is 1.21. The maximum atomic E-state index is 3.28. The van der Waals surface area contributed by atoms with Gasteiger partial charge in [0.15, 0.2) is 0 Å². The Morgan fingerprint density at radius 3 is 1.50 bits per heavy atom. The first kappa shape index (κ1) is 11.9. The van der Waals surface area contributed by atoms with Crippen LogP contribution in [-0.2, 0) is 0 Å². The van der Waals surface area contributed by atoms with E-state index in [9.17, 15) is 0 Å². The van der Waals surface area contributed by atoms with Crippen molar-refractivity contribution in [2.24, 2.45) is 0 Å². The molecule has 0 aromatic heterocycles. The molecule has 0 aromatic rings. The Hall–Kier alpha value is 1.21. The molecule has 8 heavy (non-hydrogen) atoms. The zero-order chi connectivity index (χ0) is 4.24. The van der Waals surface area contributed by atoms with Gasteiger partial charge in [0.05, 0.1) is 0 Å². The van der Waals surface area contributed by atoms with Gasteiger partial charge in [-0.25, -0.2) is 0 Å². The zero-order valence-corrected chi connectivity index (χ0v) is 8.12. The Morgan fingerprint density at radius 1 is 0.875 bits per heavy atom. The van der Waals surface area contributed by atoms with E-state index in [1.807, 2.05) is 0 Å². The molecule has 1 heterocycles. The van der Waals surface area contributed by atoms with Crippen LogP contribution in [0, 0.1) is 0 Å². The Morgan fingerprint density at radius 2 is 1.38 bits per heavy atom. The van der Waals surface area contributed by atoms with Gasteiger partial charge in [-0.2, -0.15) is 0 Å². The minimum Gasteiger partial charge on any atom is -1.00 e. The molecule has 1 saturated heterocycles. The molecular weight excluding hydrogens is 178 g/mol. The molecule has 44 valence electrons. The van der Waals surface area contributed by atoms with Gasteiger partial charge < -0.3 is 22.3 Å². The van der Waals surface area contributed by atoms with Gasteiger partial charge in [-0.05, 0) is 25.9 Å². The largest absolute Gasteiger partial charge is 2.00 e. The van der Waals surface area contributed by atoms with Crippen molar-refractivity contribution in [2.45, 2.75) is 19.3 Å². The summed E-state index contributed by atoms with van der Waals surface area (Å²) in [5.41, 5.74) is 0. The number of piperidine rings is 1. The van der Waals surface area contributed by atoms with Crippen molar-refractivity contribution >= 4 is 23.1 Å². The fourth-order valence-electron chi connectivity index (χ4n) is 0.802. The molecule has 1 N–H and O–H groups in total. The summed E-state index contributed by atoms with van der Waals surface area (Å²) in [6, 6.07) is 0. The number of hydrogen-bond acceptors (Lipinski definition) is 1. The number of nitrogens with one attached hydrogen (secondary N) is 1. The molecule has 1 rings (SSSR count). The van der Waals surface area contributed by atoms with E-state index >= 15 is 0 Å². The van der Waals surface area contributed by atoms with E-state index in [4.69, 9.17) is 0 Å². The van der Waals surface area contributed by atoms with Crippen LogP contribution in [0.4, 0.5) is 0 Å². The Bertz CT molecular complexity index is 27.9. The number of hydrogen-bond donors (Lipinski definition) is 1. The Kier molecular flexibility index (Phi) is 12.2. The Labute approximate surface area is 77.5 Å². The maximum absolute atomic E-state index is 3.28. The zero-order valence-electron chi connectivity index (χ0n) is 5.12. The van der Waals surface area contributed by atoms with Crippen molar-refractivity contribution in [1.29, 1.82) is 0 Å². The molecule has 3 heteroatoms. The van der Waals surface area contributed by atoms with Crippen LogP contribution in [0.25, 0.3) is 0 Å². The normalized spacial score (nSPS) is 18.0. The molecule has 1 fully saturated rings. The first-order valence-corrected chi connectivity index (χ1v) is 2.71. The van der Waals surface area contributed by atoms with Crippen molar-refractivity contribution < 1.29 is 17.0 Å². The molecular formula is C5H11BrMgN+. The fraction of sp³-hybridized carbons (Fsp3) is 1.00. The minimum absolute atomic E-state index is 0. The van der Waals surface area contributed by atoms with Crippen LogP contribution in [0.3, 0.4) is 0 Å². The minimum atomic E-state index is 0. The first-order chi connectivity index (χ1) is 3.00. The Balaban J connectivity index is 0. The van der Waals surface area contributed by atoms with Crippen LogP contribution in [0.2, 0.25) is 0 Å². The van der Waals surface area contributed by atoms with E-state index in [-0.39, 0.29) is 40.0 Å². The van der Waals surface area contributed by atoms with Gasteiger partial charge in [0, 0.05) is 0 Å². The SMILES string of the molecule is C1CCNCC1.[Br-].[Mg+2]. The second kappa shape index (κ2) is 8.21. The van der Waals surface area contributed by atoms with Gasteiger partial charge in [-0.15, -0.1) is 0 Å². The van der Waals surface area contributed by atoms with Crippen molar-refractivity contribution in [3.8, 4) is 0 Å².